The molecule has 2 heterocycles. The van der Waals surface area contributed by atoms with Crippen molar-refractivity contribution in [2.75, 3.05) is 37.7 Å². The molecule has 9 heteroatoms. The molecule has 2 N–H and O–H groups in total. The van der Waals surface area contributed by atoms with Crippen LogP contribution in [0.1, 0.15) is 51.5 Å². The molecule has 1 amide bonds. The number of aliphatic hydroxyl groups is 1. The van der Waals surface area contributed by atoms with Gasteiger partial charge in [0, 0.05) is 43.8 Å². The van der Waals surface area contributed by atoms with Crippen molar-refractivity contribution in [2.24, 2.45) is 23.2 Å². The van der Waals surface area contributed by atoms with Crippen LogP contribution in [0.4, 0.5) is 19.0 Å². The highest BCUT2D eigenvalue weighted by Crippen LogP contribution is 2.59. The zero-order valence-corrected chi connectivity index (χ0v) is 19.9. The predicted molar refractivity (Wildman–Crippen MR) is 122 cm³/mol. The van der Waals surface area contributed by atoms with Crippen molar-refractivity contribution in [3.05, 3.63) is 23.9 Å². The lowest BCUT2D eigenvalue weighted by Crippen LogP contribution is -2.67. The van der Waals surface area contributed by atoms with Gasteiger partial charge in [-0.15, -0.1) is 0 Å². The van der Waals surface area contributed by atoms with Gasteiger partial charge in [0.05, 0.1) is 17.7 Å². The molecule has 0 spiro atoms. The van der Waals surface area contributed by atoms with Crippen molar-refractivity contribution in [1.29, 1.82) is 0 Å². The lowest BCUT2D eigenvalue weighted by atomic mass is 9.47. The molecule has 1 aliphatic heterocycles. The summed E-state index contributed by atoms with van der Waals surface area (Å²) in [6.45, 7) is 6.43. The summed E-state index contributed by atoms with van der Waals surface area (Å²) >= 11 is 0. The number of nitrogens with one attached hydrogen (secondary N) is 1. The van der Waals surface area contributed by atoms with Crippen LogP contribution >= 0.6 is 0 Å². The van der Waals surface area contributed by atoms with Crippen LogP contribution in [0.5, 0.6) is 0 Å². The van der Waals surface area contributed by atoms with E-state index in [1.807, 2.05) is 18.7 Å². The standard InChI is InChI=1S/C25H35F3N4O2/c1-23(2,22(34)30-21-18-10-16-9-17(11-18)13-24(21,12-16)15-33)32-7-5-31(6-8-32)20-4-3-19(14-29-20)25(26,27)28/h3-4,14,16-18,21,33H,5-13,15H2,1-2H3,(H,30,34). The van der Waals surface area contributed by atoms with Crippen molar-refractivity contribution in [2.45, 2.75) is 63.7 Å². The third-order valence-electron chi connectivity index (χ3n) is 9.09. The molecule has 0 radical (unpaired) electrons. The number of hydrogen-bond donors (Lipinski definition) is 2. The topological polar surface area (TPSA) is 68.7 Å². The fourth-order valence-electron chi connectivity index (χ4n) is 7.40. The summed E-state index contributed by atoms with van der Waals surface area (Å²) in [4.78, 5) is 21.6. The first-order valence-electron chi connectivity index (χ1n) is 12.5. The average Bonchev–Trinajstić information content (AvgIpc) is 2.80. The monoisotopic (exact) mass is 480 g/mol. The maximum Gasteiger partial charge on any atom is 0.417 e. The van der Waals surface area contributed by atoms with Gasteiger partial charge in [-0.1, -0.05) is 0 Å². The molecule has 5 aliphatic rings. The molecule has 6 rings (SSSR count). The van der Waals surface area contributed by atoms with Gasteiger partial charge in [-0.3, -0.25) is 9.69 Å². The lowest BCUT2D eigenvalue weighted by Gasteiger charge is -2.61. The smallest absolute Gasteiger partial charge is 0.396 e. The van der Waals surface area contributed by atoms with Crippen LogP contribution in [-0.2, 0) is 11.0 Å². The summed E-state index contributed by atoms with van der Waals surface area (Å²) in [5.41, 5.74) is -1.64. The Bertz CT molecular complexity index is 898. The van der Waals surface area contributed by atoms with Gasteiger partial charge in [-0.25, -0.2) is 4.98 Å². The van der Waals surface area contributed by atoms with Crippen molar-refractivity contribution in [3.8, 4) is 0 Å². The molecule has 188 valence electrons. The number of amides is 1. The maximum absolute atomic E-state index is 13.5. The van der Waals surface area contributed by atoms with Crippen molar-refractivity contribution in [1.82, 2.24) is 15.2 Å². The molecular formula is C25H35F3N4O2. The molecule has 0 aromatic carbocycles. The first kappa shape index (κ1) is 23.9. The number of aliphatic hydroxyl groups excluding tert-OH is 1. The van der Waals surface area contributed by atoms with E-state index in [0.29, 0.717) is 49.8 Å². The molecule has 3 unspecified atom stereocenters. The number of rotatable bonds is 5. The van der Waals surface area contributed by atoms with Crippen molar-refractivity contribution in [3.63, 3.8) is 0 Å². The van der Waals surface area contributed by atoms with Gasteiger partial charge in [0.1, 0.15) is 5.82 Å². The number of piperazine rings is 1. The van der Waals surface area contributed by atoms with Crippen molar-refractivity contribution >= 4 is 11.7 Å². The molecule has 1 saturated heterocycles. The Morgan fingerprint density at radius 2 is 1.76 bits per heavy atom. The predicted octanol–water partition coefficient (Wildman–Crippen LogP) is 3.30. The van der Waals surface area contributed by atoms with Gasteiger partial charge >= 0.3 is 6.18 Å². The summed E-state index contributed by atoms with van der Waals surface area (Å²) in [7, 11) is 0. The molecule has 3 atom stereocenters. The number of carbonyl (C=O) groups excluding carboxylic acids is 1. The summed E-state index contributed by atoms with van der Waals surface area (Å²) in [5, 5.41) is 13.7. The summed E-state index contributed by atoms with van der Waals surface area (Å²) in [6.07, 6.45) is 2.10. The molecule has 4 aliphatic carbocycles. The van der Waals surface area contributed by atoms with E-state index in [0.717, 1.165) is 37.9 Å². The van der Waals surface area contributed by atoms with Crippen LogP contribution in [0.15, 0.2) is 18.3 Å². The highest BCUT2D eigenvalue weighted by atomic mass is 19.4. The molecule has 1 aromatic rings. The first-order valence-corrected chi connectivity index (χ1v) is 12.5. The number of hydrogen-bond acceptors (Lipinski definition) is 5. The van der Waals surface area contributed by atoms with E-state index in [1.54, 1.807) is 0 Å². The Labute approximate surface area is 198 Å². The fraction of sp³-hybridized carbons (Fsp3) is 0.760. The zero-order valence-electron chi connectivity index (χ0n) is 19.9. The molecule has 34 heavy (non-hydrogen) atoms. The normalized spacial score (nSPS) is 33.9. The van der Waals surface area contributed by atoms with E-state index >= 15 is 0 Å². The Balaban J connectivity index is 1.21. The third-order valence-corrected chi connectivity index (χ3v) is 9.09. The zero-order chi connectivity index (χ0) is 24.3. The molecule has 4 bridgehead atoms. The van der Waals surface area contributed by atoms with Gasteiger partial charge in [0.15, 0.2) is 0 Å². The highest BCUT2D eigenvalue weighted by molar-refractivity contribution is 5.86. The van der Waals surface area contributed by atoms with E-state index in [1.165, 1.54) is 12.5 Å². The van der Waals surface area contributed by atoms with Crippen LogP contribution in [0.25, 0.3) is 0 Å². The Kier molecular flexibility index (Phi) is 5.87. The molecule has 5 fully saturated rings. The average molecular weight is 481 g/mol. The quantitative estimate of drug-likeness (QED) is 0.677. The minimum atomic E-state index is -4.40. The largest absolute Gasteiger partial charge is 0.417 e. The number of alkyl halides is 3. The number of pyridine rings is 1. The number of anilines is 1. The second-order valence-electron chi connectivity index (χ2n) is 11.5. The molecule has 1 aromatic heterocycles. The third kappa shape index (κ3) is 4.08. The minimum absolute atomic E-state index is 0.00102. The number of halogens is 3. The van der Waals surface area contributed by atoms with E-state index in [-0.39, 0.29) is 24.0 Å². The van der Waals surface area contributed by atoms with Gasteiger partial charge in [-0.05, 0) is 75.8 Å². The fourth-order valence-corrected chi connectivity index (χ4v) is 7.40. The van der Waals surface area contributed by atoms with Crippen molar-refractivity contribution < 1.29 is 23.1 Å². The maximum atomic E-state index is 13.5. The van der Waals surface area contributed by atoms with Crippen LogP contribution < -0.4 is 10.2 Å². The van der Waals surface area contributed by atoms with E-state index < -0.39 is 17.3 Å². The SMILES string of the molecule is CC(C)(C(=O)NC1C2CC3CC(C2)CC1(CO)C3)N1CCN(c2ccc(C(F)(F)F)cn2)CC1. The Hall–Kier alpha value is -1.87. The number of aromatic nitrogens is 1. The van der Waals surface area contributed by atoms with Gasteiger partial charge < -0.3 is 15.3 Å². The van der Waals surface area contributed by atoms with E-state index in [2.05, 4.69) is 15.2 Å². The number of carbonyl (C=O) groups is 1. The Morgan fingerprint density at radius 3 is 2.29 bits per heavy atom. The summed E-state index contributed by atoms with van der Waals surface area (Å²) in [6, 6.07) is 2.51. The lowest BCUT2D eigenvalue weighted by molar-refractivity contribution is -0.144. The van der Waals surface area contributed by atoms with E-state index in [9.17, 15) is 23.1 Å². The van der Waals surface area contributed by atoms with Gasteiger partial charge in [-0.2, -0.15) is 13.2 Å². The van der Waals surface area contributed by atoms with Gasteiger partial charge in [0.25, 0.3) is 0 Å². The minimum Gasteiger partial charge on any atom is -0.396 e. The second-order valence-corrected chi connectivity index (χ2v) is 11.5. The highest BCUT2D eigenvalue weighted by Gasteiger charge is 2.57. The van der Waals surface area contributed by atoms with Gasteiger partial charge in [0.2, 0.25) is 5.91 Å². The second kappa shape index (κ2) is 8.36. The van der Waals surface area contributed by atoms with Crippen LogP contribution in [-0.4, -0.2) is 65.3 Å². The first-order chi connectivity index (χ1) is 16.0. The van der Waals surface area contributed by atoms with E-state index in [4.69, 9.17) is 0 Å². The molecular weight excluding hydrogens is 445 g/mol. The Morgan fingerprint density at radius 1 is 1.12 bits per heavy atom. The summed E-state index contributed by atoms with van der Waals surface area (Å²) < 4.78 is 38.5. The molecule has 4 saturated carbocycles. The van der Waals surface area contributed by atoms with Crippen LogP contribution in [0, 0.1) is 23.2 Å². The molecule has 6 nitrogen and oxygen atoms in total. The number of nitrogens with zero attached hydrogens (tertiary/aromatic N) is 3. The van der Waals surface area contributed by atoms with Crippen LogP contribution in [0.2, 0.25) is 0 Å². The summed E-state index contributed by atoms with van der Waals surface area (Å²) in [5.74, 6) is 2.36. The van der Waals surface area contributed by atoms with Crippen LogP contribution in [0.3, 0.4) is 0 Å².